The van der Waals surface area contributed by atoms with Crippen LogP contribution < -0.4 is 0 Å². The summed E-state index contributed by atoms with van der Waals surface area (Å²) in [6.45, 7) is 5.36. The van der Waals surface area contributed by atoms with Crippen LogP contribution in [0.5, 0.6) is 0 Å². The molecule has 0 aromatic heterocycles. The predicted molar refractivity (Wildman–Crippen MR) is 138 cm³/mol. The van der Waals surface area contributed by atoms with Gasteiger partial charge in [-0.3, -0.25) is 14.4 Å². The molecule has 4 aliphatic rings. The van der Waals surface area contributed by atoms with Crippen LogP contribution in [0.25, 0.3) is 0 Å². The van der Waals surface area contributed by atoms with Gasteiger partial charge in [0, 0.05) is 23.9 Å². The first-order chi connectivity index (χ1) is 17.4. The molecule has 0 bridgehead atoms. The van der Waals surface area contributed by atoms with E-state index in [0.29, 0.717) is 12.8 Å². The van der Waals surface area contributed by atoms with E-state index in [4.69, 9.17) is 14.2 Å². The lowest BCUT2D eigenvalue weighted by Crippen LogP contribution is -2.63. The molecule has 0 amide bonds. The Morgan fingerprint density at radius 1 is 1.19 bits per heavy atom. The number of thioether (sulfide) groups is 1. The molecule has 9 heteroatoms. The fourth-order valence-corrected chi connectivity index (χ4v) is 8.48. The van der Waals surface area contributed by atoms with E-state index in [0.717, 1.165) is 12.0 Å². The first-order valence-electron chi connectivity index (χ1n) is 13.0. The standard InChI is InChI=1S/C28H38O8S/c1-16-10-18-19-7-9-28(36-24(33)15-37-5,22(31)13-35-23(32)14-34-4)27(19,3)12-21(30)25(18)26(2)8-6-17(29)11-20(16)26/h6,8,11,16,18-19,21,25,30H,7,9-10,12-15H2,1-5H3/t16?,18-,19-,21?,25+,26-,27-,28-/m0/s1. The van der Waals surface area contributed by atoms with E-state index in [1.54, 1.807) is 18.4 Å². The fraction of sp³-hybridized carbons (Fsp3) is 0.714. The summed E-state index contributed by atoms with van der Waals surface area (Å²) in [7, 11) is 1.36. The van der Waals surface area contributed by atoms with Gasteiger partial charge < -0.3 is 19.3 Å². The molecule has 4 aliphatic carbocycles. The average molecular weight is 535 g/mol. The second-order valence-electron chi connectivity index (χ2n) is 11.5. The molecule has 8 atom stereocenters. The number of allylic oxidation sites excluding steroid dienone is 4. The van der Waals surface area contributed by atoms with Crippen LogP contribution in [0.2, 0.25) is 0 Å². The average Bonchev–Trinajstić information content (AvgIpc) is 3.11. The fourth-order valence-electron chi connectivity index (χ4n) is 8.18. The zero-order valence-corrected chi connectivity index (χ0v) is 23.1. The predicted octanol–water partition coefficient (Wildman–Crippen LogP) is 2.91. The number of esters is 2. The van der Waals surface area contributed by atoms with Crippen molar-refractivity contribution in [3.05, 3.63) is 23.8 Å². The molecule has 0 radical (unpaired) electrons. The van der Waals surface area contributed by atoms with Crippen LogP contribution in [-0.4, -0.2) is 72.6 Å². The van der Waals surface area contributed by atoms with Crippen molar-refractivity contribution in [3.63, 3.8) is 0 Å². The Labute approximate surface area is 222 Å². The van der Waals surface area contributed by atoms with Crippen molar-refractivity contribution in [2.75, 3.05) is 32.3 Å². The van der Waals surface area contributed by atoms with Crippen LogP contribution in [0.1, 0.15) is 46.5 Å². The van der Waals surface area contributed by atoms with E-state index >= 15 is 0 Å². The highest BCUT2D eigenvalue weighted by molar-refractivity contribution is 7.99. The molecule has 0 aromatic rings. The third-order valence-corrected chi connectivity index (χ3v) is 10.1. The van der Waals surface area contributed by atoms with Gasteiger partial charge in [0.15, 0.2) is 18.0 Å². The largest absolute Gasteiger partial charge is 0.456 e. The second-order valence-corrected chi connectivity index (χ2v) is 12.4. The smallest absolute Gasteiger partial charge is 0.332 e. The summed E-state index contributed by atoms with van der Waals surface area (Å²) in [6.07, 6.45) is 8.29. The molecule has 3 saturated carbocycles. The van der Waals surface area contributed by atoms with E-state index in [9.17, 15) is 24.3 Å². The van der Waals surface area contributed by atoms with Crippen molar-refractivity contribution in [2.24, 2.45) is 34.5 Å². The molecule has 4 rings (SSSR count). The van der Waals surface area contributed by atoms with Crippen LogP contribution in [0.3, 0.4) is 0 Å². The number of carbonyl (C=O) groups is 4. The maximum atomic E-state index is 13.8. The number of ether oxygens (including phenoxy) is 3. The first-order valence-corrected chi connectivity index (χ1v) is 14.3. The lowest BCUT2D eigenvalue weighted by molar-refractivity contribution is -0.200. The Hall–Kier alpha value is -1.97. The number of methoxy groups -OCH3 is 1. The van der Waals surface area contributed by atoms with Crippen LogP contribution in [0.15, 0.2) is 23.8 Å². The monoisotopic (exact) mass is 534 g/mol. The Kier molecular flexibility index (Phi) is 7.81. The van der Waals surface area contributed by atoms with Gasteiger partial charge in [0.2, 0.25) is 5.78 Å². The van der Waals surface area contributed by atoms with Crippen molar-refractivity contribution in [3.8, 4) is 0 Å². The van der Waals surface area contributed by atoms with Gasteiger partial charge in [0.05, 0.1) is 11.9 Å². The van der Waals surface area contributed by atoms with Gasteiger partial charge in [0.1, 0.15) is 6.61 Å². The number of hydrogen-bond acceptors (Lipinski definition) is 9. The Bertz CT molecular complexity index is 1040. The summed E-state index contributed by atoms with van der Waals surface area (Å²) < 4.78 is 16.0. The molecule has 0 aliphatic heterocycles. The number of aliphatic hydroxyl groups is 1. The quantitative estimate of drug-likeness (QED) is 0.469. The first kappa shape index (κ1) is 28.0. The Morgan fingerprint density at radius 2 is 1.92 bits per heavy atom. The van der Waals surface area contributed by atoms with E-state index in [-0.39, 0.29) is 48.2 Å². The summed E-state index contributed by atoms with van der Waals surface area (Å²) in [6, 6.07) is 0. The number of rotatable bonds is 8. The molecule has 0 heterocycles. The minimum absolute atomic E-state index is 0.00783. The van der Waals surface area contributed by atoms with Crippen LogP contribution in [-0.2, 0) is 33.4 Å². The van der Waals surface area contributed by atoms with Gasteiger partial charge in [-0.05, 0) is 61.8 Å². The molecule has 1 N–H and O–H groups in total. The van der Waals surface area contributed by atoms with E-state index < -0.39 is 46.9 Å². The van der Waals surface area contributed by atoms with Gasteiger partial charge in [-0.2, -0.15) is 11.8 Å². The van der Waals surface area contributed by atoms with Gasteiger partial charge in [-0.1, -0.05) is 32.4 Å². The second kappa shape index (κ2) is 10.3. The zero-order valence-electron chi connectivity index (χ0n) is 22.3. The highest BCUT2D eigenvalue weighted by atomic mass is 32.2. The summed E-state index contributed by atoms with van der Waals surface area (Å²) >= 11 is 1.31. The van der Waals surface area contributed by atoms with Crippen molar-refractivity contribution < 1.29 is 38.5 Å². The molecule has 204 valence electrons. The maximum Gasteiger partial charge on any atom is 0.332 e. The van der Waals surface area contributed by atoms with Crippen molar-refractivity contribution >= 4 is 35.3 Å². The molecule has 0 spiro atoms. The topological polar surface area (TPSA) is 116 Å². The maximum absolute atomic E-state index is 13.8. The number of carbonyl (C=O) groups excluding carboxylic acids is 4. The van der Waals surface area contributed by atoms with Crippen LogP contribution in [0, 0.1) is 34.5 Å². The SMILES string of the molecule is COCC(=O)OCC(=O)[C@@]1(OC(=O)CSC)CC[C@H]2[C@@H]3CC(C)C4=CC(=O)C=C[C@]4(C)[C@H]3C(O)C[C@@]21C. The molecule has 8 nitrogen and oxygen atoms in total. The Morgan fingerprint density at radius 3 is 2.59 bits per heavy atom. The number of Topliss-reactive ketones (excluding diaryl/α,β-unsaturated/α-hetero) is 1. The molecule has 0 saturated heterocycles. The summed E-state index contributed by atoms with van der Waals surface area (Å²) in [5.74, 6) is -1.47. The molecule has 2 unspecified atom stereocenters. The number of fused-ring (bicyclic) bond motifs is 5. The number of hydrogen-bond donors (Lipinski definition) is 1. The van der Waals surface area contributed by atoms with Gasteiger partial charge in [-0.25, -0.2) is 4.79 Å². The lowest BCUT2D eigenvalue weighted by Gasteiger charge is -2.61. The molecule has 3 fully saturated rings. The normalized spacial score (nSPS) is 40.2. The minimum Gasteiger partial charge on any atom is -0.456 e. The van der Waals surface area contributed by atoms with Crippen LogP contribution in [0.4, 0.5) is 0 Å². The van der Waals surface area contributed by atoms with Gasteiger partial charge in [-0.15, -0.1) is 0 Å². The molecular formula is C28H38O8S. The lowest BCUT2D eigenvalue weighted by atomic mass is 9.44. The molecule has 0 aromatic carbocycles. The summed E-state index contributed by atoms with van der Waals surface area (Å²) in [5, 5.41) is 11.7. The van der Waals surface area contributed by atoms with E-state index in [1.807, 2.05) is 13.0 Å². The summed E-state index contributed by atoms with van der Waals surface area (Å²) in [5.41, 5.74) is -1.74. The van der Waals surface area contributed by atoms with Gasteiger partial charge >= 0.3 is 11.9 Å². The molecular weight excluding hydrogens is 496 g/mol. The van der Waals surface area contributed by atoms with Crippen molar-refractivity contribution in [2.45, 2.75) is 58.2 Å². The third-order valence-electron chi connectivity index (χ3n) is 9.56. The minimum atomic E-state index is -1.50. The van der Waals surface area contributed by atoms with Crippen molar-refractivity contribution in [1.82, 2.24) is 0 Å². The Balaban J connectivity index is 1.71. The molecule has 37 heavy (non-hydrogen) atoms. The highest BCUT2D eigenvalue weighted by Crippen LogP contribution is 2.68. The van der Waals surface area contributed by atoms with Gasteiger partial charge in [0.25, 0.3) is 0 Å². The highest BCUT2D eigenvalue weighted by Gasteiger charge is 2.70. The summed E-state index contributed by atoms with van der Waals surface area (Å²) in [4.78, 5) is 50.7. The number of aliphatic hydroxyl groups excluding tert-OH is 1. The number of ketones is 2. The van der Waals surface area contributed by atoms with E-state index in [1.165, 1.54) is 18.9 Å². The van der Waals surface area contributed by atoms with Crippen molar-refractivity contribution in [1.29, 1.82) is 0 Å². The van der Waals surface area contributed by atoms with E-state index in [2.05, 4.69) is 13.8 Å². The van der Waals surface area contributed by atoms with Crippen LogP contribution >= 0.6 is 11.8 Å². The third kappa shape index (κ3) is 4.51. The zero-order chi connectivity index (χ0) is 27.2.